The van der Waals surface area contributed by atoms with Crippen molar-refractivity contribution >= 4 is 0 Å². The Balaban J connectivity index is 2.48. The molecule has 0 bridgehead atoms. The molecule has 1 aromatic heterocycles. The number of aromatic nitrogens is 2. The molecule has 0 aromatic carbocycles. The van der Waals surface area contributed by atoms with E-state index in [9.17, 15) is 0 Å². The van der Waals surface area contributed by atoms with Gasteiger partial charge in [0, 0.05) is 6.20 Å². The molecule has 1 aromatic rings. The van der Waals surface area contributed by atoms with E-state index in [4.69, 9.17) is 6.42 Å². The standard InChI is InChI=1S/C10H14N2/c1-3-5-6-10-8-11-12(9-10)7-4-2/h2,8-9H,3,5-7H2,1H3. The van der Waals surface area contributed by atoms with Gasteiger partial charge in [-0.1, -0.05) is 19.3 Å². The van der Waals surface area contributed by atoms with Crippen molar-refractivity contribution in [3.05, 3.63) is 18.0 Å². The largest absolute Gasteiger partial charge is 0.260 e. The SMILES string of the molecule is C#CCn1cc(CCCC)cn1. The molecule has 0 aliphatic carbocycles. The van der Waals surface area contributed by atoms with E-state index in [0.29, 0.717) is 6.54 Å². The molecule has 0 aliphatic heterocycles. The number of unbranched alkanes of at least 4 members (excludes halogenated alkanes) is 1. The van der Waals surface area contributed by atoms with Crippen LogP contribution in [0, 0.1) is 12.3 Å². The third kappa shape index (κ3) is 2.43. The van der Waals surface area contributed by atoms with E-state index in [-0.39, 0.29) is 0 Å². The van der Waals surface area contributed by atoms with Crippen LogP contribution < -0.4 is 0 Å². The number of terminal acetylenes is 1. The monoisotopic (exact) mass is 162 g/mol. The van der Waals surface area contributed by atoms with Crippen molar-refractivity contribution in [3.8, 4) is 12.3 Å². The van der Waals surface area contributed by atoms with Gasteiger partial charge in [-0.15, -0.1) is 6.42 Å². The zero-order chi connectivity index (χ0) is 8.81. The molecule has 0 amide bonds. The summed E-state index contributed by atoms with van der Waals surface area (Å²) in [4.78, 5) is 0. The third-order valence-corrected chi connectivity index (χ3v) is 1.76. The summed E-state index contributed by atoms with van der Waals surface area (Å²) in [6, 6.07) is 0. The van der Waals surface area contributed by atoms with Gasteiger partial charge in [0.1, 0.15) is 6.54 Å². The maximum absolute atomic E-state index is 5.16. The molecule has 64 valence electrons. The Hall–Kier alpha value is -1.23. The van der Waals surface area contributed by atoms with Gasteiger partial charge in [0.15, 0.2) is 0 Å². The summed E-state index contributed by atoms with van der Waals surface area (Å²) < 4.78 is 1.80. The van der Waals surface area contributed by atoms with Crippen LogP contribution >= 0.6 is 0 Å². The number of aryl methyl sites for hydroxylation is 1. The number of rotatable bonds is 4. The van der Waals surface area contributed by atoms with Crippen LogP contribution in [-0.2, 0) is 13.0 Å². The van der Waals surface area contributed by atoms with Crippen molar-refractivity contribution in [2.45, 2.75) is 32.7 Å². The second-order valence-electron chi connectivity index (χ2n) is 2.85. The van der Waals surface area contributed by atoms with Gasteiger partial charge in [0.05, 0.1) is 6.20 Å². The van der Waals surface area contributed by atoms with Crippen molar-refractivity contribution in [3.63, 3.8) is 0 Å². The molecule has 2 heteroatoms. The summed E-state index contributed by atoms with van der Waals surface area (Å²) in [5.41, 5.74) is 1.28. The topological polar surface area (TPSA) is 17.8 Å². The van der Waals surface area contributed by atoms with Crippen molar-refractivity contribution in [2.24, 2.45) is 0 Å². The molecule has 0 atom stereocenters. The zero-order valence-electron chi connectivity index (χ0n) is 7.45. The highest BCUT2D eigenvalue weighted by molar-refractivity contribution is 5.04. The Kier molecular flexibility index (Phi) is 3.40. The first kappa shape index (κ1) is 8.86. The number of nitrogens with zero attached hydrogens (tertiary/aromatic N) is 2. The molecule has 0 spiro atoms. The number of hydrogen-bond donors (Lipinski definition) is 0. The molecule has 0 fully saturated rings. The first-order valence-electron chi connectivity index (χ1n) is 4.31. The molecular formula is C10H14N2. The summed E-state index contributed by atoms with van der Waals surface area (Å²) >= 11 is 0. The summed E-state index contributed by atoms with van der Waals surface area (Å²) in [7, 11) is 0. The van der Waals surface area contributed by atoms with E-state index in [1.807, 2.05) is 12.4 Å². The number of hydrogen-bond acceptors (Lipinski definition) is 1. The van der Waals surface area contributed by atoms with Crippen LogP contribution in [0.25, 0.3) is 0 Å². The van der Waals surface area contributed by atoms with E-state index in [2.05, 4.69) is 17.9 Å². The van der Waals surface area contributed by atoms with Gasteiger partial charge < -0.3 is 0 Å². The Morgan fingerprint density at radius 1 is 1.67 bits per heavy atom. The average molecular weight is 162 g/mol. The minimum Gasteiger partial charge on any atom is -0.260 e. The molecule has 12 heavy (non-hydrogen) atoms. The first-order chi connectivity index (χ1) is 5.86. The van der Waals surface area contributed by atoms with Crippen molar-refractivity contribution in [2.75, 3.05) is 0 Å². The van der Waals surface area contributed by atoms with E-state index in [1.165, 1.54) is 18.4 Å². The molecule has 0 unspecified atom stereocenters. The molecular weight excluding hydrogens is 148 g/mol. The van der Waals surface area contributed by atoms with Crippen LogP contribution in [-0.4, -0.2) is 9.78 Å². The minimum atomic E-state index is 0.576. The minimum absolute atomic E-state index is 0.576. The predicted octanol–water partition coefficient (Wildman–Crippen LogP) is 1.86. The van der Waals surface area contributed by atoms with Gasteiger partial charge in [-0.2, -0.15) is 5.10 Å². The van der Waals surface area contributed by atoms with Crippen molar-refractivity contribution in [1.29, 1.82) is 0 Å². The smallest absolute Gasteiger partial charge is 0.101 e. The quantitative estimate of drug-likeness (QED) is 0.618. The van der Waals surface area contributed by atoms with Crippen LogP contribution in [0.4, 0.5) is 0 Å². The lowest BCUT2D eigenvalue weighted by Crippen LogP contribution is -1.94. The van der Waals surface area contributed by atoms with Crippen LogP contribution in [0.1, 0.15) is 25.3 Å². The van der Waals surface area contributed by atoms with E-state index < -0.39 is 0 Å². The summed E-state index contributed by atoms with van der Waals surface area (Å²) in [5.74, 6) is 2.55. The van der Waals surface area contributed by atoms with Gasteiger partial charge in [-0.05, 0) is 18.4 Å². The third-order valence-electron chi connectivity index (χ3n) is 1.76. The fraction of sp³-hybridized carbons (Fsp3) is 0.500. The van der Waals surface area contributed by atoms with E-state index in [0.717, 1.165) is 6.42 Å². The summed E-state index contributed by atoms with van der Waals surface area (Å²) in [5, 5.41) is 4.13. The maximum Gasteiger partial charge on any atom is 0.101 e. The molecule has 0 aliphatic rings. The Labute approximate surface area is 73.6 Å². The van der Waals surface area contributed by atoms with Crippen LogP contribution in [0.2, 0.25) is 0 Å². The molecule has 0 N–H and O–H groups in total. The fourth-order valence-electron chi connectivity index (χ4n) is 1.10. The van der Waals surface area contributed by atoms with Crippen LogP contribution in [0.3, 0.4) is 0 Å². The van der Waals surface area contributed by atoms with Crippen molar-refractivity contribution < 1.29 is 0 Å². The second-order valence-corrected chi connectivity index (χ2v) is 2.85. The summed E-state index contributed by atoms with van der Waals surface area (Å²) in [6.45, 7) is 2.76. The maximum atomic E-state index is 5.16. The van der Waals surface area contributed by atoms with Gasteiger partial charge >= 0.3 is 0 Å². The average Bonchev–Trinajstić information content (AvgIpc) is 2.50. The molecule has 1 heterocycles. The van der Waals surface area contributed by atoms with E-state index >= 15 is 0 Å². The molecule has 0 saturated heterocycles. The molecule has 0 saturated carbocycles. The van der Waals surface area contributed by atoms with Gasteiger partial charge in [0.25, 0.3) is 0 Å². The fourth-order valence-corrected chi connectivity index (χ4v) is 1.10. The van der Waals surface area contributed by atoms with E-state index in [1.54, 1.807) is 4.68 Å². The molecule has 2 nitrogen and oxygen atoms in total. The normalized spacial score (nSPS) is 9.67. The highest BCUT2D eigenvalue weighted by Crippen LogP contribution is 2.03. The molecule has 0 radical (unpaired) electrons. The lowest BCUT2D eigenvalue weighted by Gasteiger charge is -1.92. The summed E-state index contributed by atoms with van der Waals surface area (Å²) in [6.07, 6.45) is 12.6. The Bertz CT molecular complexity index is 268. The first-order valence-corrected chi connectivity index (χ1v) is 4.31. The van der Waals surface area contributed by atoms with Crippen molar-refractivity contribution in [1.82, 2.24) is 9.78 Å². The highest BCUT2D eigenvalue weighted by atomic mass is 15.3. The van der Waals surface area contributed by atoms with Gasteiger partial charge in [0.2, 0.25) is 0 Å². The Morgan fingerprint density at radius 2 is 2.50 bits per heavy atom. The van der Waals surface area contributed by atoms with Crippen LogP contribution in [0.15, 0.2) is 12.4 Å². The van der Waals surface area contributed by atoms with Gasteiger partial charge in [-0.25, -0.2) is 0 Å². The Morgan fingerprint density at radius 3 is 3.17 bits per heavy atom. The lowest BCUT2D eigenvalue weighted by atomic mass is 10.2. The van der Waals surface area contributed by atoms with Crippen LogP contribution in [0.5, 0.6) is 0 Å². The lowest BCUT2D eigenvalue weighted by molar-refractivity contribution is 0.713. The highest BCUT2D eigenvalue weighted by Gasteiger charge is 1.95. The predicted molar refractivity (Wildman–Crippen MR) is 49.7 cm³/mol. The molecule has 1 rings (SSSR count). The van der Waals surface area contributed by atoms with Gasteiger partial charge in [-0.3, -0.25) is 4.68 Å². The second kappa shape index (κ2) is 4.61. The zero-order valence-corrected chi connectivity index (χ0v) is 7.45.